The molecule has 3 heterocycles. The molecule has 1 N–H and O–H groups in total. The molecule has 0 aliphatic carbocycles. The lowest BCUT2D eigenvalue weighted by Crippen LogP contribution is -2.33. The summed E-state index contributed by atoms with van der Waals surface area (Å²) < 4.78 is 5.54. The first-order valence-electron chi connectivity index (χ1n) is 6.75. The van der Waals surface area contributed by atoms with Crippen LogP contribution in [-0.2, 0) is 9.53 Å². The summed E-state index contributed by atoms with van der Waals surface area (Å²) in [5, 5.41) is 6.96. The first-order valence-corrected chi connectivity index (χ1v) is 6.75. The van der Waals surface area contributed by atoms with E-state index in [4.69, 9.17) is 4.74 Å². The normalized spacial score (nSPS) is 27.9. The van der Waals surface area contributed by atoms with Gasteiger partial charge in [0.25, 0.3) is 0 Å². The van der Waals surface area contributed by atoms with E-state index in [1.54, 1.807) is 6.20 Å². The summed E-state index contributed by atoms with van der Waals surface area (Å²) in [6.07, 6.45) is 6.62. The van der Waals surface area contributed by atoms with Crippen molar-refractivity contribution < 1.29 is 9.53 Å². The maximum atomic E-state index is 12.3. The number of aromatic nitrogens is 2. The number of hydrogen-bond donors (Lipinski definition) is 1. The van der Waals surface area contributed by atoms with Gasteiger partial charge >= 0.3 is 0 Å². The third-order valence-corrected chi connectivity index (χ3v) is 3.88. The van der Waals surface area contributed by atoms with Crippen LogP contribution >= 0.6 is 0 Å². The monoisotopic (exact) mass is 249 g/mol. The van der Waals surface area contributed by atoms with Gasteiger partial charge in [-0.3, -0.25) is 9.89 Å². The van der Waals surface area contributed by atoms with E-state index in [-0.39, 0.29) is 18.1 Å². The van der Waals surface area contributed by atoms with Crippen molar-refractivity contribution in [2.75, 3.05) is 13.2 Å². The molecule has 18 heavy (non-hydrogen) atoms. The molecule has 98 valence electrons. The van der Waals surface area contributed by atoms with Crippen molar-refractivity contribution in [3.05, 3.63) is 18.0 Å². The number of amides is 1. The second-order valence-electron chi connectivity index (χ2n) is 5.10. The minimum absolute atomic E-state index is 0.139. The molecule has 2 fully saturated rings. The summed E-state index contributed by atoms with van der Waals surface area (Å²) in [5.74, 6) is 0.221. The minimum atomic E-state index is 0.139. The third kappa shape index (κ3) is 2.27. The topological polar surface area (TPSA) is 58.2 Å². The van der Waals surface area contributed by atoms with Gasteiger partial charge in [-0.05, 0) is 31.7 Å². The highest BCUT2D eigenvalue weighted by atomic mass is 16.5. The first-order chi connectivity index (χ1) is 8.84. The number of rotatable bonds is 3. The van der Waals surface area contributed by atoms with E-state index in [9.17, 15) is 4.79 Å². The summed E-state index contributed by atoms with van der Waals surface area (Å²) in [6.45, 7) is 1.66. The van der Waals surface area contributed by atoms with Crippen LogP contribution in [0, 0.1) is 0 Å². The van der Waals surface area contributed by atoms with E-state index in [1.807, 2.05) is 11.0 Å². The van der Waals surface area contributed by atoms with Gasteiger partial charge in [0.05, 0.1) is 24.3 Å². The summed E-state index contributed by atoms with van der Waals surface area (Å²) in [7, 11) is 0. The predicted molar refractivity (Wildman–Crippen MR) is 65.9 cm³/mol. The van der Waals surface area contributed by atoms with Gasteiger partial charge in [0.2, 0.25) is 5.91 Å². The van der Waals surface area contributed by atoms with Crippen molar-refractivity contribution >= 4 is 5.91 Å². The number of nitrogens with zero attached hydrogens (tertiary/aromatic N) is 2. The van der Waals surface area contributed by atoms with Crippen molar-refractivity contribution in [2.24, 2.45) is 0 Å². The van der Waals surface area contributed by atoms with Gasteiger partial charge in [-0.25, -0.2) is 0 Å². The van der Waals surface area contributed by atoms with Crippen LogP contribution in [0.25, 0.3) is 0 Å². The first kappa shape index (κ1) is 11.7. The summed E-state index contributed by atoms with van der Waals surface area (Å²) in [4.78, 5) is 14.3. The Bertz CT molecular complexity index is 398. The lowest BCUT2D eigenvalue weighted by atomic mass is 10.1. The Balaban J connectivity index is 1.65. The van der Waals surface area contributed by atoms with Gasteiger partial charge in [-0.1, -0.05) is 0 Å². The van der Waals surface area contributed by atoms with Crippen LogP contribution in [0.2, 0.25) is 0 Å². The van der Waals surface area contributed by atoms with Crippen LogP contribution in [-0.4, -0.2) is 40.3 Å². The molecular formula is C13H19N3O2. The van der Waals surface area contributed by atoms with Crippen molar-refractivity contribution in [1.82, 2.24) is 15.1 Å². The molecule has 3 rings (SSSR count). The largest absolute Gasteiger partial charge is 0.378 e. The molecule has 2 aliphatic heterocycles. The van der Waals surface area contributed by atoms with Crippen LogP contribution in [0.15, 0.2) is 12.3 Å². The molecule has 1 aromatic heterocycles. The van der Waals surface area contributed by atoms with Gasteiger partial charge in [0.15, 0.2) is 0 Å². The Labute approximate surface area is 107 Å². The Morgan fingerprint density at radius 3 is 3.17 bits per heavy atom. The zero-order chi connectivity index (χ0) is 12.4. The summed E-state index contributed by atoms with van der Waals surface area (Å²) in [5.41, 5.74) is 1.05. The molecule has 5 nitrogen and oxygen atoms in total. The number of hydrogen-bond acceptors (Lipinski definition) is 3. The van der Waals surface area contributed by atoms with Crippen LogP contribution in [0.1, 0.15) is 43.8 Å². The van der Waals surface area contributed by atoms with E-state index in [1.165, 1.54) is 0 Å². The molecule has 2 atom stereocenters. The van der Waals surface area contributed by atoms with E-state index < -0.39 is 0 Å². The number of likely N-dealkylation sites (tertiary alicyclic amines) is 1. The zero-order valence-electron chi connectivity index (χ0n) is 10.5. The second kappa shape index (κ2) is 5.10. The fourth-order valence-corrected chi connectivity index (χ4v) is 2.96. The fraction of sp³-hybridized carbons (Fsp3) is 0.692. The minimum Gasteiger partial charge on any atom is -0.378 e. The van der Waals surface area contributed by atoms with Gasteiger partial charge in [-0.15, -0.1) is 0 Å². The molecule has 0 bridgehead atoms. The molecule has 0 radical (unpaired) electrons. The van der Waals surface area contributed by atoms with E-state index in [0.29, 0.717) is 6.42 Å². The third-order valence-electron chi connectivity index (χ3n) is 3.88. The van der Waals surface area contributed by atoms with Gasteiger partial charge in [-0.2, -0.15) is 5.10 Å². The van der Waals surface area contributed by atoms with Crippen molar-refractivity contribution in [3.63, 3.8) is 0 Å². The fourth-order valence-electron chi connectivity index (χ4n) is 2.96. The predicted octanol–water partition coefficient (Wildman–Crippen LogP) is 1.64. The van der Waals surface area contributed by atoms with Crippen molar-refractivity contribution in [1.29, 1.82) is 0 Å². The molecule has 0 unspecified atom stereocenters. The molecule has 1 amide bonds. The molecule has 0 saturated carbocycles. The molecule has 2 aliphatic rings. The maximum absolute atomic E-state index is 12.3. The van der Waals surface area contributed by atoms with Crippen molar-refractivity contribution in [3.8, 4) is 0 Å². The highest BCUT2D eigenvalue weighted by molar-refractivity contribution is 5.77. The summed E-state index contributed by atoms with van der Waals surface area (Å²) >= 11 is 0. The SMILES string of the molecule is O=C(C[C@@H]1CCCO1)N1CCC[C@@H]1c1ccn[nH]1. The summed E-state index contributed by atoms with van der Waals surface area (Å²) in [6, 6.07) is 2.14. The molecule has 1 aromatic rings. The number of ether oxygens (including phenoxy) is 1. The van der Waals surface area contributed by atoms with Crippen LogP contribution in [0.4, 0.5) is 0 Å². The highest BCUT2D eigenvalue weighted by Gasteiger charge is 2.32. The second-order valence-corrected chi connectivity index (χ2v) is 5.10. The highest BCUT2D eigenvalue weighted by Crippen LogP contribution is 2.31. The van der Waals surface area contributed by atoms with Crippen LogP contribution in [0.3, 0.4) is 0 Å². The van der Waals surface area contributed by atoms with Crippen LogP contribution in [0.5, 0.6) is 0 Å². The Morgan fingerprint density at radius 2 is 2.44 bits per heavy atom. The van der Waals surface area contributed by atoms with Gasteiger partial charge in [0, 0.05) is 19.3 Å². The average molecular weight is 249 g/mol. The van der Waals surface area contributed by atoms with E-state index >= 15 is 0 Å². The van der Waals surface area contributed by atoms with Gasteiger partial charge in [0.1, 0.15) is 0 Å². The lowest BCUT2D eigenvalue weighted by Gasteiger charge is -2.24. The quantitative estimate of drug-likeness (QED) is 0.886. The number of H-pyrrole nitrogens is 1. The average Bonchev–Trinajstić information content (AvgIpc) is 3.11. The Morgan fingerprint density at radius 1 is 1.50 bits per heavy atom. The number of carbonyl (C=O) groups is 1. The smallest absolute Gasteiger partial charge is 0.225 e. The van der Waals surface area contributed by atoms with Crippen molar-refractivity contribution in [2.45, 2.75) is 44.2 Å². The molecular weight excluding hydrogens is 230 g/mol. The number of carbonyl (C=O) groups excluding carboxylic acids is 1. The molecule has 0 aromatic carbocycles. The molecule has 0 spiro atoms. The lowest BCUT2D eigenvalue weighted by molar-refractivity contribution is -0.134. The van der Waals surface area contributed by atoms with Crippen LogP contribution < -0.4 is 0 Å². The number of nitrogens with one attached hydrogen (secondary N) is 1. The molecule has 2 saturated heterocycles. The Kier molecular flexibility index (Phi) is 3.32. The number of aromatic amines is 1. The Hall–Kier alpha value is -1.36. The van der Waals surface area contributed by atoms with Gasteiger partial charge < -0.3 is 9.64 Å². The zero-order valence-corrected chi connectivity index (χ0v) is 10.5. The van der Waals surface area contributed by atoms with E-state index in [2.05, 4.69) is 10.2 Å². The maximum Gasteiger partial charge on any atom is 0.225 e. The molecule has 5 heteroatoms. The van der Waals surface area contributed by atoms with E-state index in [0.717, 1.165) is 44.5 Å². The standard InChI is InChI=1S/C13H19N3O2/c17-13(9-10-3-2-8-18-10)16-7-1-4-12(16)11-5-6-14-15-11/h5-6,10,12H,1-4,7-9H2,(H,14,15)/t10-,12+/m0/s1.